The zero-order valence-corrected chi connectivity index (χ0v) is 11.5. The van der Waals surface area contributed by atoms with E-state index in [1.807, 2.05) is 0 Å². The van der Waals surface area contributed by atoms with E-state index in [9.17, 15) is 9.59 Å². The molecule has 0 saturated carbocycles. The standard InChI is InChI=1S/C16H13NO5/c18-15(17-12-4-2-1-3-11(12)16(19)20)10-5-6-13-14(9-10)22-8-7-21-13/h1-6,9H,7-8H2,(H,17,18)(H,19,20). The summed E-state index contributed by atoms with van der Waals surface area (Å²) in [5.41, 5.74) is 0.646. The van der Waals surface area contributed by atoms with E-state index >= 15 is 0 Å². The lowest BCUT2D eigenvalue weighted by Gasteiger charge is -2.18. The molecular weight excluding hydrogens is 286 g/mol. The molecule has 1 aliphatic heterocycles. The number of aromatic carboxylic acids is 1. The van der Waals surface area contributed by atoms with Crippen LogP contribution in [0, 0.1) is 0 Å². The molecule has 1 amide bonds. The quantitative estimate of drug-likeness (QED) is 0.909. The molecule has 0 spiro atoms. The Kier molecular flexibility index (Phi) is 3.65. The van der Waals surface area contributed by atoms with Crippen molar-refractivity contribution in [3.63, 3.8) is 0 Å². The van der Waals surface area contributed by atoms with Crippen molar-refractivity contribution >= 4 is 17.6 Å². The van der Waals surface area contributed by atoms with Gasteiger partial charge in [-0.15, -0.1) is 0 Å². The fourth-order valence-electron chi connectivity index (χ4n) is 2.16. The van der Waals surface area contributed by atoms with Crippen molar-refractivity contribution in [3.05, 3.63) is 53.6 Å². The summed E-state index contributed by atoms with van der Waals surface area (Å²) in [5, 5.41) is 11.7. The third kappa shape index (κ3) is 2.71. The third-order valence-corrected chi connectivity index (χ3v) is 3.21. The Labute approximate surface area is 126 Å². The number of hydrogen-bond acceptors (Lipinski definition) is 4. The van der Waals surface area contributed by atoms with Crippen molar-refractivity contribution < 1.29 is 24.2 Å². The molecule has 112 valence electrons. The summed E-state index contributed by atoms with van der Waals surface area (Å²) in [6, 6.07) is 11.1. The van der Waals surface area contributed by atoms with Crippen LogP contribution in [0.5, 0.6) is 11.5 Å². The van der Waals surface area contributed by atoms with Crippen LogP contribution in [0.3, 0.4) is 0 Å². The Morgan fingerprint density at radius 1 is 1.00 bits per heavy atom. The second-order valence-corrected chi connectivity index (χ2v) is 4.66. The smallest absolute Gasteiger partial charge is 0.337 e. The molecule has 0 bridgehead atoms. The Balaban J connectivity index is 1.85. The molecule has 0 atom stereocenters. The van der Waals surface area contributed by atoms with Gasteiger partial charge in [-0.2, -0.15) is 0 Å². The molecule has 2 aromatic rings. The molecule has 2 aromatic carbocycles. The van der Waals surface area contributed by atoms with Gasteiger partial charge in [0.1, 0.15) is 13.2 Å². The molecule has 6 heteroatoms. The Bertz CT molecular complexity index is 741. The highest BCUT2D eigenvalue weighted by atomic mass is 16.6. The minimum Gasteiger partial charge on any atom is -0.486 e. The van der Waals surface area contributed by atoms with Crippen LogP contribution in [0.2, 0.25) is 0 Å². The lowest BCUT2D eigenvalue weighted by atomic mass is 10.1. The summed E-state index contributed by atoms with van der Waals surface area (Å²) >= 11 is 0. The van der Waals surface area contributed by atoms with Gasteiger partial charge in [0.25, 0.3) is 5.91 Å². The van der Waals surface area contributed by atoms with Crippen LogP contribution in [-0.4, -0.2) is 30.2 Å². The fourth-order valence-corrected chi connectivity index (χ4v) is 2.16. The van der Waals surface area contributed by atoms with Gasteiger partial charge in [0, 0.05) is 5.56 Å². The van der Waals surface area contributed by atoms with E-state index in [4.69, 9.17) is 14.6 Å². The molecule has 0 unspecified atom stereocenters. The van der Waals surface area contributed by atoms with E-state index in [2.05, 4.69) is 5.32 Å². The molecule has 0 aromatic heterocycles. The summed E-state index contributed by atoms with van der Waals surface area (Å²) in [6.45, 7) is 0.907. The second-order valence-electron chi connectivity index (χ2n) is 4.66. The summed E-state index contributed by atoms with van der Waals surface area (Å²) in [6.07, 6.45) is 0. The van der Waals surface area contributed by atoms with Crippen molar-refractivity contribution in [2.24, 2.45) is 0 Å². The van der Waals surface area contributed by atoms with Gasteiger partial charge in [0.15, 0.2) is 11.5 Å². The minimum absolute atomic E-state index is 0.0355. The highest BCUT2D eigenvalue weighted by Gasteiger charge is 2.17. The number of para-hydroxylation sites is 1. The molecule has 0 fully saturated rings. The number of amides is 1. The molecule has 0 saturated heterocycles. The average Bonchev–Trinajstić information content (AvgIpc) is 2.54. The zero-order valence-electron chi connectivity index (χ0n) is 11.5. The van der Waals surface area contributed by atoms with E-state index in [1.54, 1.807) is 36.4 Å². The molecule has 2 N–H and O–H groups in total. The van der Waals surface area contributed by atoms with Crippen molar-refractivity contribution in [2.75, 3.05) is 18.5 Å². The first kappa shape index (κ1) is 13.9. The molecule has 6 nitrogen and oxygen atoms in total. The van der Waals surface area contributed by atoms with Gasteiger partial charge in [0.05, 0.1) is 11.3 Å². The number of benzene rings is 2. The van der Waals surface area contributed by atoms with Crippen LogP contribution in [0.4, 0.5) is 5.69 Å². The van der Waals surface area contributed by atoms with E-state index in [1.165, 1.54) is 6.07 Å². The number of ether oxygens (including phenoxy) is 2. The highest BCUT2D eigenvalue weighted by Crippen LogP contribution is 2.31. The number of carboxylic acid groups (broad SMARTS) is 1. The Hall–Kier alpha value is -3.02. The van der Waals surface area contributed by atoms with E-state index in [-0.39, 0.29) is 11.3 Å². The minimum atomic E-state index is -1.10. The molecule has 0 aliphatic carbocycles. The number of nitrogens with one attached hydrogen (secondary N) is 1. The fraction of sp³-hybridized carbons (Fsp3) is 0.125. The number of carboxylic acids is 1. The van der Waals surface area contributed by atoms with Crippen LogP contribution in [0.15, 0.2) is 42.5 Å². The zero-order chi connectivity index (χ0) is 15.5. The first-order valence-corrected chi connectivity index (χ1v) is 6.68. The molecule has 3 rings (SSSR count). The first-order valence-electron chi connectivity index (χ1n) is 6.68. The number of anilines is 1. The van der Waals surface area contributed by atoms with Gasteiger partial charge in [-0.3, -0.25) is 4.79 Å². The normalized spacial score (nSPS) is 12.5. The molecule has 0 radical (unpaired) electrons. The van der Waals surface area contributed by atoms with Crippen molar-refractivity contribution in [1.82, 2.24) is 0 Å². The summed E-state index contributed by atoms with van der Waals surface area (Å²) in [7, 11) is 0. The van der Waals surface area contributed by atoms with E-state index < -0.39 is 11.9 Å². The number of carbonyl (C=O) groups excluding carboxylic acids is 1. The van der Waals surface area contributed by atoms with Gasteiger partial charge < -0.3 is 19.9 Å². The summed E-state index contributed by atoms with van der Waals surface area (Å²) in [5.74, 6) is -0.414. The highest BCUT2D eigenvalue weighted by molar-refractivity contribution is 6.08. The topological polar surface area (TPSA) is 84.9 Å². The number of hydrogen-bond donors (Lipinski definition) is 2. The second kappa shape index (κ2) is 5.77. The maximum atomic E-state index is 12.3. The Morgan fingerprint density at radius 3 is 2.50 bits per heavy atom. The molecule has 1 heterocycles. The van der Waals surface area contributed by atoms with E-state index in [0.29, 0.717) is 30.3 Å². The van der Waals surface area contributed by atoms with E-state index in [0.717, 1.165) is 0 Å². The third-order valence-electron chi connectivity index (χ3n) is 3.21. The predicted molar refractivity (Wildman–Crippen MR) is 78.8 cm³/mol. The van der Waals surface area contributed by atoms with Crippen molar-refractivity contribution in [3.8, 4) is 11.5 Å². The van der Waals surface area contributed by atoms with Crippen LogP contribution in [0.1, 0.15) is 20.7 Å². The van der Waals surface area contributed by atoms with Gasteiger partial charge in [-0.05, 0) is 30.3 Å². The maximum Gasteiger partial charge on any atom is 0.337 e. The monoisotopic (exact) mass is 299 g/mol. The average molecular weight is 299 g/mol. The summed E-state index contributed by atoms with van der Waals surface area (Å²) < 4.78 is 10.8. The molecular formula is C16H13NO5. The predicted octanol–water partition coefficient (Wildman–Crippen LogP) is 2.41. The van der Waals surface area contributed by atoms with Crippen LogP contribution < -0.4 is 14.8 Å². The SMILES string of the molecule is O=C(Nc1ccccc1C(=O)O)c1ccc2c(c1)OCCO2. The lowest BCUT2D eigenvalue weighted by Crippen LogP contribution is -2.18. The van der Waals surface area contributed by atoms with Crippen LogP contribution >= 0.6 is 0 Å². The molecule has 1 aliphatic rings. The van der Waals surface area contributed by atoms with Crippen molar-refractivity contribution in [1.29, 1.82) is 0 Å². The number of rotatable bonds is 3. The van der Waals surface area contributed by atoms with Crippen LogP contribution in [0.25, 0.3) is 0 Å². The number of carbonyl (C=O) groups is 2. The van der Waals surface area contributed by atoms with Gasteiger partial charge >= 0.3 is 5.97 Å². The number of fused-ring (bicyclic) bond motifs is 1. The largest absolute Gasteiger partial charge is 0.486 e. The van der Waals surface area contributed by atoms with Crippen LogP contribution in [-0.2, 0) is 0 Å². The Morgan fingerprint density at radius 2 is 1.73 bits per heavy atom. The van der Waals surface area contributed by atoms with Crippen molar-refractivity contribution in [2.45, 2.75) is 0 Å². The first-order chi connectivity index (χ1) is 10.6. The molecule has 22 heavy (non-hydrogen) atoms. The summed E-state index contributed by atoms with van der Waals surface area (Å²) in [4.78, 5) is 23.4. The maximum absolute atomic E-state index is 12.3. The van der Waals surface area contributed by atoms with Gasteiger partial charge in [-0.1, -0.05) is 12.1 Å². The lowest BCUT2D eigenvalue weighted by molar-refractivity contribution is 0.0698. The van der Waals surface area contributed by atoms with Gasteiger partial charge in [0.2, 0.25) is 0 Å². The van der Waals surface area contributed by atoms with Gasteiger partial charge in [-0.25, -0.2) is 4.79 Å².